The van der Waals surface area contributed by atoms with Gasteiger partial charge in [0, 0.05) is 4.88 Å². The van der Waals surface area contributed by atoms with E-state index < -0.39 is 5.97 Å². The number of para-hydroxylation sites is 1. The van der Waals surface area contributed by atoms with Crippen LogP contribution in [-0.2, 0) is 28.9 Å². The summed E-state index contributed by atoms with van der Waals surface area (Å²) < 4.78 is 12.0. The molecule has 1 aliphatic carbocycles. The minimum atomic E-state index is -0.474. The molecule has 4 rings (SSSR count). The largest absolute Gasteiger partial charge is 0.490 e. The summed E-state index contributed by atoms with van der Waals surface area (Å²) in [4.78, 5) is 31.4. The number of thiophene rings is 1. The Bertz CT molecular complexity index is 1040. The van der Waals surface area contributed by atoms with Crippen LogP contribution in [0.15, 0.2) is 41.5 Å². The molecule has 3 aromatic rings. The first-order valence-corrected chi connectivity index (χ1v) is 10.3. The summed E-state index contributed by atoms with van der Waals surface area (Å²) in [6.07, 6.45) is 4.42. The van der Waals surface area contributed by atoms with Crippen LogP contribution in [0.1, 0.15) is 23.8 Å². The van der Waals surface area contributed by atoms with Gasteiger partial charge in [-0.2, -0.15) is 0 Å². The number of esters is 1. The van der Waals surface area contributed by atoms with Gasteiger partial charge >= 0.3 is 5.97 Å². The van der Waals surface area contributed by atoms with E-state index in [0.717, 1.165) is 35.4 Å². The Hall–Kier alpha value is -2.67. The number of fused-ring (bicyclic) bond motifs is 3. The van der Waals surface area contributed by atoms with Crippen LogP contribution in [0.5, 0.6) is 5.75 Å². The van der Waals surface area contributed by atoms with Gasteiger partial charge in [-0.15, -0.1) is 11.3 Å². The third kappa shape index (κ3) is 3.94. The maximum Gasteiger partial charge on any atom is 0.326 e. The molecule has 0 saturated carbocycles. The van der Waals surface area contributed by atoms with Crippen LogP contribution < -0.4 is 10.3 Å². The second-order valence-corrected chi connectivity index (χ2v) is 8.18. The van der Waals surface area contributed by atoms with E-state index in [0.29, 0.717) is 11.3 Å². The fourth-order valence-electron chi connectivity index (χ4n) is 3.50. The maximum atomic E-state index is 12.9. The molecule has 2 aromatic heterocycles. The Morgan fingerprint density at radius 1 is 1.29 bits per heavy atom. The number of hydrogen-bond acceptors (Lipinski definition) is 6. The number of hydrogen-bond donors (Lipinski definition) is 0. The molecule has 1 aromatic carbocycles. The Balaban J connectivity index is 1.39. The van der Waals surface area contributed by atoms with Gasteiger partial charge in [0.2, 0.25) is 0 Å². The normalized spacial score (nSPS) is 16.0. The number of benzene rings is 1. The zero-order valence-electron chi connectivity index (χ0n) is 15.7. The van der Waals surface area contributed by atoms with Gasteiger partial charge in [-0.05, 0) is 42.9 Å². The lowest BCUT2D eigenvalue weighted by Crippen LogP contribution is -2.27. The quantitative estimate of drug-likeness (QED) is 0.471. The molecule has 0 amide bonds. The number of carbonyl (C=O) groups is 1. The summed E-state index contributed by atoms with van der Waals surface area (Å²) in [7, 11) is 0. The van der Waals surface area contributed by atoms with E-state index >= 15 is 0 Å². The summed E-state index contributed by atoms with van der Waals surface area (Å²) in [5.74, 6) is 0.884. The third-order valence-electron chi connectivity index (χ3n) is 4.94. The van der Waals surface area contributed by atoms with E-state index in [-0.39, 0.29) is 25.3 Å². The standard InChI is InChI=1S/C21H22N2O4S/c1-14-7-8-16-17(11-14)28-20-19(16)21(25)23(13-22-20)12-18(24)27-10-9-26-15-5-3-2-4-6-15/h2-6,13-14H,7-12H2,1H3/t14-/m0/s1. The lowest BCUT2D eigenvalue weighted by molar-refractivity contribution is -0.145. The summed E-state index contributed by atoms with van der Waals surface area (Å²) in [5, 5.41) is 0.676. The predicted molar refractivity (Wildman–Crippen MR) is 108 cm³/mol. The lowest BCUT2D eigenvalue weighted by atomic mass is 9.89. The van der Waals surface area contributed by atoms with Gasteiger partial charge in [0.15, 0.2) is 0 Å². The Morgan fingerprint density at radius 3 is 2.93 bits per heavy atom. The van der Waals surface area contributed by atoms with Crippen LogP contribution in [0, 0.1) is 5.92 Å². The van der Waals surface area contributed by atoms with Crippen LogP contribution in [0.3, 0.4) is 0 Å². The smallest absolute Gasteiger partial charge is 0.326 e. The van der Waals surface area contributed by atoms with Crippen LogP contribution >= 0.6 is 11.3 Å². The molecule has 0 saturated heterocycles. The number of rotatable bonds is 6. The van der Waals surface area contributed by atoms with Gasteiger partial charge in [-0.3, -0.25) is 14.2 Å². The Kier molecular flexibility index (Phi) is 5.43. The first kappa shape index (κ1) is 18.7. The van der Waals surface area contributed by atoms with Crippen molar-refractivity contribution in [3.05, 3.63) is 57.5 Å². The molecule has 0 unspecified atom stereocenters. The maximum absolute atomic E-state index is 12.9. The van der Waals surface area contributed by atoms with Crippen molar-refractivity contribution >= 4 is 27.5 Å². The summed E-state index contributed by atoms with van der Waals surface area (Å²) in [6, 6.07) is 9.33. The van der Waals surface area contributed by atoms with Crippen molar-refractivity contribution in [3.63, 3.8) is 0 Å². The third-order valence-corrected chi connectivity index (χ3v) is 6.10. The van der Waals surface area contributed by atoms with Crippen molar-refractivity contribution in [2.75, 3.05) is 13.2 Å². The molecule has 1 atom stereocenters. The second-order valence-electron chi connectivity index (χ2n) is 7.09. The highest BCUT2D eigenvalue weighted by atomic mass is 32.1. The van der Waals surface area contributed by atoms with Crippen molar-refractivity contribution in [2.45, 2.75) is 32.7 Å². The lowest BCUT2D eigenvalue weighted by Gasteiger charge is -2.17. The minimum absolute atomic E-state index is 0.129. The van der Waals surface area contributed by atoms with Crippen molar-refractivity contribution in [1.29, 1.82) is 0 Å². The van der Waals surface area contributed by atoms with Crippen LogP contribution in [0.2, 0.25) is 0 Å². The van der Waals surface area contributed by atoms with Crippen molar-refractivity contribution < 1.29 is 14.3 Å². The highest BCUT2D eigenvalue weighted by Crippen LogP contribution is 2.35. The highest BCUT2D eigenvalue weighted by Gasteiger charge is 2.23. The summed E-state index contributed by atoms with van der Waals surface area (Å²) >= 11 is 1.60. The zero-order valence-corrected chi connectivity index (χ0v) is 16.5. The van der Waals surface area contributed by atoms with E-state index in [2.05, 4.69) is 11.9 Å². The number of nitrogens with zero attached hydrogens (tertiary/aromatic N) is 2. The molecular formula is C21H22N2O4S. The van der Waals surface area contributed by atoms with Gasteiger partial charge in [-0.25, -0.2) is 4.98 Å². The SMILES string of the molecule is C[C@H]1CCc2c(sc3ncn(CC(=O)OCCOc4ccccc4)c(=O)c23)C1. The molecule has 0 spiro atoms. The molecule has 6 nitrogen and oxygen atoms in total. The second kappa shape index (κ2) is 8.14. The molecule has 0 aliphatic heterocycles. The Labute approximate surface area is 166 Å². The number of aryl methyl sites for hydroxylation is 1. The predicted octanol–water partition coefficient (Wildman–Crippen LogP) is 3.21. The van der Waals surface area contributed by atoms with E-state index in [9.17, 15) is 9.59 Å². The molecule has 0 radical (unpaired) electrons. The molecule has 7 heteroatoms. The van der Waals surface area contributed by atoms with Gasteiger partial charge in [0.25, 0.3) is 5.56 Å². The van der Waals surface area contributed by atoms with Crippen molar-refractivity contribution in [1.82, 2.24) is 9.55 Å². The van der Waals surface area contributed by atoms with E-state index in [1.807, 2.05) is 30.3 Å². The average molecular weight is 398 g/mol. The number of aromatic nitrogens is 2. The number of carbonyl (C=O) groups excluding carboxylic acids is 1. The van der Waals surface area contributed by atoms with Crippen molar-refractivity contribution in [2.24, 2.45) is 5.92 Å². The molecule has 146 valence electrons. The molecular weight excluding hydrogens is 376 g/mol. The number of ether oxygens (including phenoxy) is 2. The molecule has 0 fully saturated rings. The van der Waals surface area contributed by atoms with Gasteiger partial charge < -0.3 is 9.47 Å². The van der Waals surface area contributed by atoms with E-state index in [1.165, 1.54) is 15.8 Å². The molecule has 2 heterocycles. The highest BCUT2D eigenvalue weighted by molar-refractivity contribution is 7.18. The van der Waals surface area contributed by atoms with Gasteiger partial charge in [0.1, 0.15) is 30.3 Å². The van der Waals surface area contributed by atoms with Crippen LogP contribution in [0.4, 0.5) is 0 Å². The topological polar surface area (TPSA) is 70.4 Å². The summed E-state index contributed by atoms with van der Waals surface area (Å²) in [6.45, 7) is 2.48. The zero-order chi connectivity index (χ0) is 19.5. The average Bonchev–Trinajstić information content (AvgIpc) is 3.06. The van der Waals surface area contributed by atoms with Gasteiger partial charge in [0.05, 0.1) is 11.7 Å². The molecule has 0 N–H and O–H groups in total. The minimum Gasteiger partial charge on any atom is -0.490 e. The van der Waals surface area contributed by atoms with Crippen molar-refractivity contribution in [3.8, 4) is 5.75 Å². The molecule has 1 aliphatic rings. The Morgan fingerprint density at radius 2 is 2.11 bits per heavy atom. The first-order chi connectivity index (χ1) is 13.6. The fourth-order valence-corrected chi connectivity index (χ4v) is 4.84. The van der Waals surface area contributed by atoms with Gasteiger partial charge in [-0.1, -0.05) is 25.1 Å². The van der Waals surface area contributed by atoms with E-state index in [1.54, 1.807) is 11.3 Å². The molecule has 0 bridgehead atoms. The fraction of sp³-hybridized carbons (Fsp3) is 0.381. The van der Waals surface area contributed by atoms with E-state index in [4.69, 9.17) is 9.47 Å². The molecule has 28 heavy (non-hydrogen) atoms. The van der Waals surface area contributed by atoms with Crippen LogP contribution in [0.25, 0.3) is 10.2 Å². The first-order valence-electron chi connectivity index (χ1n) is 9.45. The van der Waals surface area contributed by atoms with Crippen LogP contribution in [-0.4, -0.2) is 28.7 Å². The monoisotopic (exact) mass is 398 g/mol. The summed E-state index contributed by atoms with van der Waals surface area (Å²) in [5.41, 5.74) is 0.962.